The molecular weight excluding hydrogens is 392 g/mol. The van der Waals surface area contributed by atoms with Gasteiger partial charge >= 0.3 is 0 Å². The minimum Gasteiger partial charge on any atom is -0.489 e. The summed E-state index contributed by atoms with van der Waals surface area (Å²) in [4.78, 5) is 16.3. The van der Waals surface area contributed by atoms with Crippen LogP contribution in [0.25, 0.3) is 6.08 Å². The molecule has 5 heteroatoms. The molecule has 1 saturated heterocycles. The maximum absolute atomic E-state index is 13.0. The summed E-state index contributed by atoms with van der Waals surface area (Å²) in [6.07, 6.45) is 1.85. The van der Waals surface area contributed by atoms with Crippen molar-refractivity contribution < 1.29 is 9.53 Å². The molecule has 1 aliphatic heterocycles. The molecule has 30 heavy (non-hydrogen) atoms. The van der Waals surface area contributed by atoms with Gasteiger partial charge in [0.05, 0.1) is 5.69 Å². The fourth-order valence-electron chi connectivity index (χ4n) is 3.35. The Bertz CT molecular complexity index is 1110. The zero-order valence-corrected chi connectivity index (χ0v) is 17.7. The van der Waals surface area contributed by atoms with Crippen molar-refractivity contribution in [2.45, 2.75) is 13.5 Å². The Labute approximate surface area is 182 Å². The van der Waals surface area contributed by atoms with Gasteiger partial charge in [-0.2, -0.15) is 0 Å². The molecule has 1 heterocycles. The second-order valence-electron chi connectivity index (χ2n) is 7.19. The van der Waals surface area contributed by atoms with Gasteiger partial charge in [-0.3, -0.25) is 9.69 Å². The lowest BCUT2D eigenvalue weighted by Gasteiger charge is -2.16. The molecule has 0 unspecified atom stereocenters. The van der Waals surface area contributed by atoms with Gasteiger partial charge in [0.25, 0.3) is 5.91 Å². The number of amides is 1. The summed E-state index contributed by atoms with van der Waals surface area (Å²) in [7, 11) is 1.81. The molecule has 0 aliphatic carbocycles. The van der Waals surface area contributed by atoms with Crippen LogP contribution in [0.2, 0.25) is 0 Å². The highest BCUT2D eigenvalue weighted by Crippen LogP contribution is 2.28. The van der Waals surface area contributed by atoms with Crippen molar-refractivity contribution in [3.63, 3.8) is 0 Å². The minimum atomic E-state index is -0.131. The number of likely N-dealkylation sites (N-methyl/N-ethyl adjacent to an activating group) is 1. The highest BCUT2D eigenvalue weighted by molar-refractivity contribution is 7.80. The lowest BCUT2D eigenvalue weighted by atomic mass is 10.1. The molecule has 3 aromatic carbocycles. The van der Waals surface area contributed by atoms with Gasteiger partial charge in [0.1, 0.15) is 18.1 Å². The predicted molar refractivity (Wildman–Crippen MR) is 124 cm³/mol. The molecule has 3 aromatic rings. The fourth-order valence-corrected chi connectivity index (χ4v) is 3.63. The Hall–Kier alpha value is -3.44. The topological polar surface area (TPSA) is 32.8 Å². The van der Waals surface area contributed by atoms with Crippen molar-refractivity contribution >= 4 is 35.0 Å². The van der Waals surface area contributed by atoms with Gasteiger partial charge < -0.3 is 9.64 Å². The van der Waals surface area contributed by atoms with E-state index in [1.165, 1.54) is 5.56 Å². The van der Waals surface area contributed by atoms with Crippen LogP contribution < -0.4 is 9.64 Å². The summed E-state index contributed by atoms with van der Waals surface area (Å²) in [5.74, 6) is 0.652. The zero-order chi connectivity index (χ0) is 21.1. The number of rotatable bonds is 5. The average molecular weight is 415 g/mol. The van der Waals surface area contributed by atoms with Crippen LogP contribution in [0.4, 0.5) is 5.69 Å². The molecular formula is C25H22N2O2S. The number of hydrogen-bond donors (Lipinski definition) is 0. The van der Waals surface area contributed by atoms with Crippen LogP contribution in [-0.4, -0.2) is 23.0 Å². The summed E-state index contributed by atoms with van der Waals surface area (Å²) in [6.45, 7) is 2.58. The second-order valence-corrected chi connectivity index (χ2v) is 7.56. The number of aryl methyl sites for hydroxylation is 1. The van der Waals surface area contributed by atoms with E-state index in [0.29, 0.717) is 17.4 Å². The van der Waals surface area contributed by atoms with E-state index in [-0.39, 0.29) is 5.91 Å². The van der Waals surface area contributed by atoms with E-state index < -0.39 is 0 Å². The van der Waals surface area contributed by atoms with E-state index >= 15 is 0 Å². The van der Waals surface area contributed by atoms with E-state index in [4.69, 9.17) is 17.0 Å². The maximum atomic E-state index is 13.0. The van der Waals surface area contributed by atoms with Crippen LogP contribution in [0.3, 0.4) is 0 Å². The zero-order valence-electron chi connectivity index (χ0n) is 16.9. The molecule has 1 fully saturated rings. The van der Waals surface area contributed by atoms with Gasteiger partial charge in [-0.25, -0.2) is 0 Å². The molecule has 0 N–H and O–H groups in total. The van der Waals surface area contributed by atoms with Gasteiger partial charge in [-0.05, 0) is 60.6 Å². The molecule has 1 aliphatic rings. The molecule has 0 atom stereocenters. The number of ether oxygens (including phenoxy) is 1. The smallest absolute Gasteiger partial charge is 0.281 e. The number of thiocarbonyl (C=S) groups is 1. The Balaban J connectivity index is 1.49. The third-order valence-corrected chi connectivity index (χ3v) is 5.40. The number of anilines is 1. The number of para-hydroxylation sites is 1. The Morgan fingerprint density at radius 2 is 1.70 bits per heavy atom. The van der Waals surface area contributed by atoms with E-state index in [0.717, 1.165) is 22.6 Å². The normalized spacial score (nSPS) is 15.2. The van der Waals surface area contributed by atoms with Crippen LogP contribution in [0, 0.1) is 6.92 Å². The van der Waals surface area contributed by atoms with Crippen LogP contribution in [0.15, 0.2) is 84.6 Å². The Morgan fingerprint density at radius 1 is 0.967 bits per heavy atom. The third kappa shape index (κ3) is 4.11. The van der Waals surface area contributed by atoms with Crippen molar-refractivity contribution in [3.05, 3.63) is 101 Å². The first-order valence-electron chi connectivity index (χ1n) is 9.70. The van der Waals surface area contributed by atoms with Crippen molar-refractivity contribution in [2.24, 2.45) is 0 Å². The number of benzene rings is 3. The molecule has 4 nitrogen and oxygen atoms in total. The maximum Gasteiger partial charge on any atom is 0.281 e. The first-order chi connectivity index (χ1) is 14.5. The van der Waals surface area contributed by atoms with Gasteiger partial charge in [-0.15, -0.1) is 0 Å². The van der Waals surface area contributed by atoms with Crippen molar-refractivity contribution in [1.82, 2.24) is 4.90 Å². The molecule has 150 valence electrons. The SMILES string of the molecule is Cc1cccc(COc2ccc(/C=C3\C(=O)N(c4ccccc4)C(=S)N3C)cc2)c1. The summed E-state index contributed by atoms with van der Waals surface area (Å²) in [5, 5.41) is 0.468. The predicted octanol–water partition coefficient (Wildman–Crippen LogP) is 5.18. The number of nitrogens with zero attached hydrogens (tertiary/aromatic N) is 2. The monoisotopic (exact) mass is 414 g/mol. The van der Waals surface area contributed by atoms with Gasteiger partial charge in [-0.1, -0.05) is 60.2 Å². The van der Waals surface area contributed by atoms with E-state index in [2.05, 4.69) is 25.1 Å². The minimum absolute atomic E-state index is 0.131. The summed E-state index contributed by atoms with van der Waals surface area (Å²) in [6, 6.07) is 25.4. The molecule has 0 aromatic heterocycles. The molecule has 0 radical (unpaired) electrons. The first kappa shape index (κ1) is 19.9. The fraction of sp³-hybridized carbons (Fsp3) is 0.120. The quantitative estimate of drug-likeness (QED) is 0.426. The van der Waals surface area contributed by atoms with Crippen molar-refractivity contribution in [2.75, 3.05) is 11.9 Å². The molecule has 1 amide bonds. The summed E-state index contributed by atoms with van der Waals surface area (Å²) < 4.78 is 5.88. The third-order valence-electron chi connectivity index (χ3n) is 4.95. The lowest BCUT2D eigenvalue weighted by Crippen LogP contribution is -2.30. The molecule has 0 saturated carbocycles. The van der Waals surface area contributed by atoms with Crippen LogP contribution in [0.1, 0.15) is 16.7 Å². The highest BCUT2D eigenvalue weighted by Gasteiger charge is 2.36. The largest absolute Gasteiger partial charge is 0.489 e. The van der Waals surface area contributed by atoms with Crippen molar-refractivity contribution in [1.29, 1.82) is 0 Å². The van der Waals surface area contributed by atoms with E-state index in [9.17, 15) is 4.79 Å². The number of hydrogen-bond acceptors (Lipinski definition) is 3. The van der Waals surface area contributed by atoms with Crippen LogP contribution in [0.5, 0.6) is 5.75 Å². The van der Waals surface area contributed by atoms with Crippen molar-refractivity contribution in [3.8, 4) is 5.75 Å². The number of carbonyl (C=O) groups is 1. The van der Waals surface area contributed by atoms with E-state index in [1.807, 2.05) is 73.8 Å². The van der Waals surface area contributed by atoms with Crippen LogP contribution in [-0.2, 0) is 11.4 Å². The number of carbonyl (C=O) groups excluding carboxylic acids is 1. The van der Waals surface area contributed by atoms with Gasteiger partial charge in [0.15, 0.2) is 5.11 Å². The summed E-state index contributed by atoms with van der Waals surface area (Å²) >= 11 is 5.50. The second kappa shape index (κ2) is 8.51. The van der Waals surface area contributed by atoms with Gasteiger partial charge in [0.2, 0.25) is 0 Å². The molecule has 0 bridgehead atoms. The van der Waals surface area contributed by atoms with Crippen LogP contribution >= 0.6 is 12.2 Å². The lowest BCUT2D eigenvalue weighted by molar-refractivity contribution is -0.114. The van der Waals surface area contributed by atoms with E-state index in [1.54, 1.807) is 9.80 Å². The highest BCUT2D eigenvalue weighted by atomic mass is 32.1. The first-order valence-corrected chi connectivity index (χ1v) is 10.1. The Morgan fingerprint density at radius 3 is 2.40 bits per heavy atom. The molecule has 4 rings (SSSR count). The average Bonchev–Trinajstić information content (AvgIpc) is 2.97. The standard InChI is InChI=1S/C25H22N2O2S/c1-18-7-6-8-20(15-18)17-29-22-13-11-19(12-14-22)16-23-24(28)27(25(30)26(23)2)21-9-4-3-5-10-21/h3-16H,17H2,1-2H3/b23-16+. The van der Waals surface area contributed by atoms with Gasteiger partial charge in [0, 0.05) is 7.05 Å². The summed E-state index contributed by atoms with van der Waals surface area (Å²) in [5.41, 5.74) is 4.56. The molecule has 0 spiro atoms. The Kier molecular flexibility index (Phi) is 5.63.